The van der Waals surface area contributed by atoms with Gasteiger partial charge in [-0.15, -0.1) is 0 Å². The topological polar surface area (TPSA) is 55.1 Å². The van der Waals surface area contributed by atoms with Crippen LogP contribution in [0.4, 0.5) is 0 Å². The zero-order valence-corrected chi connectivity index (χ0v) is 9.12. The van der Waals surface area contributed by atoms with Crippen molar-refractivity contribution in [3.63, 3.8) is 0 Å². The van der Waals surface area contributed by atoms with Gasteiger partial charge in [0.25, 0.3) is 0 Å². The molecule has 0 aliphatic carbocycles. The minimum absolute atomic E-state index is 0.0135. The Hall–Kier alpha value is -1.03. The second kappa shape index (κ2) is 4.00. The van der Waals surface area contributed by atoms with E-state index in [1.165, 1.54) is 10.9 Å². The number of aryl methyl sites for hydroxylation is 1. The largest absolute Gasteiger partial charge is 0.481 e. The van der Waals surface area contributed by atoms with E-state index >= 15 is 0 Å². The Bertz CT molecular complexity index is 327. The van der Waals surface area contributed by atoms with Gasteiger partial charge in [-0.05, 0) is 5.92 Å². The summed E-state index contributed by atoms with van der Waals surface area (Å²) in [4.78, 5) is 11.0. The molecule has 1 N–H and O–H groups in total. The van der Waals surface area contributed by atoms with Crippen LogP contribution in [-0.2, 0) is 11.8 Å². The van der Waals surface area contributed by atoms with Crippen LogP contribution in [0.3, 0.4) is 0 Å². The zero-order valence-electron chi connectivity index (χ0n) is 8.36. The van der Waals surface area contributed by atoms with E-state index < -0.39 is 11.9 Å². The summed E-state index contributed by atoms with van der Waals surface area (Å²) in [6, 6.07) is 0. The normalized spacial score (nSPS) is 13.2. The zero-order chi connectivity index (χ0) is 10.9. The molecule has 5 heteroatoms. The van der Waals surface area contributed by atoms with Gasteiger partial charge >= 0.3 is 5.97 Å². The molecule has 0 aliphatic rings. The Morgan fingerprint density at radius 3 is 2.50 bits per heavy atom. The highest BCUT2D eigenvalue weighted by molar-refractivity contribution is 6.31. The van der Waals surface area contributed by atoms with Crippen molar-refractivity contribution in [1.82, 2.24) is 9.78 Å². The quantitative estimate of drug-likeness (QED) is 0.840. The number of carbonyl (C=O) groups is 1. The SMILES string of the molecule is CC(C)C(C(=O)O)c1c(Cl)cnn1C. The predicted molar refractivity (Wildman–Crippen MR) is 53.4 cm³/mol. The van der Waals surface area contributed by atoms with Crippen molar-refractivity contribution in [2.45, 2.75) is 19.8 Å². The summed E-state index contributed by atoms with van der Waals surface area (Å²) in [7, 11) is 1.69. The van der Waals surface area contributed by atoms with E-state index in [0.29, 0.717) is 10.7 Å². The van der Waals surface area contributed by atoms with Crippen molar-refractivity contribution < 1.29 is 9.90 Å². The molecular weight excluding hydrogens is 204 g/mol. The van der Waals surface area contributed by atoms with Crippen molar-refractivity contribution in [1.29, 1.82) is 0 Å². The maximum absolute atomic E-state index is 11.0. The summed E-state index contributed by atoms with van der Waals surface area (Å²) in [6.45, 7) is 3.70. The van der Waals surface area contributed by atoms with Gasteiger partial charge in [0.2, 0.25) is 0 Å². The number of rotatable bonds is 3. The fourth-order valence-corrected chi connectivity index (χ4v) is 1.77. The van der Waals surface area contributed by atoms with Gasteiger partial charge in [0.05, 0.1) is 16.9 Å². The summed E-state index contributed by atoms with van der Waals surface area (Å²) in [5.41, 5.74) is 0.564. The monoisotopic (exact) mass is 216 g/mol. The van der Waals surface area contributed by atoms with Crippen LogP contribution in [-0.4, -0.2) is 20.9 Å². The van der Waals surface area contributed by atoms with Crippen molar-refractivity contribution in [2.24, 2.45) is 13.0 Å². The number of aliphatic carboxylic acids is 1. The lowest BCUT2D eigenvalue weighted by Gasteiger charge is -2.16. The lowest BCUT2D eigenvalue weighted by Crippen LogP contribution is -2.20. The van der Waals surface area contributed by atoms with E-state index in [-0.39, 0.29) is 5.92 Å². The molecule has 1 aromatic heterocycles. The van der Waals surface area contributed by atoms with Crippen LogP contribution in [0.15, 0.2) is 6.20 Å². The molecule has 14 heavy (non-hydrogen) atoms. The second-order valence-electron chi connectivity index (χ2n) is 3.56. The molecule has 0 fully saturated rings. The molecule has 0 radical (unpaired) electrons. The van der Waals surface area contributed by atoms with Gasteiger partial charge in [0.1, 0.15) is 5.92 Å². The third-order valence-corrected chi connectivity index (χ3v) is 2.46. The van der Waals surface area contributed by atoms with Crippen molar-refractivity contribution >= 4 is 17.6 Å². The summed E-state index contributed by atoms with van der Waals surface area (Å²) in [5.74, 6) is -1.49. The molecule has 0 bridgehead atoms. The molecule has 4 nitrogen and oxygen atoms in total. The van der Waals surface area contributed by atoms with Crippen molar-refractivity contribution in [3.05, 3.63) is 16.9 Å². The minimum Gasteiger partial charge on any atom is -0.481 e. The van der Waals surface area contributed by atoms with Crippen LogP contribution in [0.25, 0.3) is 0 Å². The van der Waals surface area contributed by atoms with Crippen LogP contribution in [0, 0.1) is 5.92 Å². The molecule has 0 saturated carbocycles. The van der Waals surface area contributed by atoms with E-state index in [9.17, 15) is 4.79 Å². The summed E-state index contributed by atoms with van der Waals surface area (Å²) in [6.07, 6.45) is 1.47. The average Bonchev–Trinajstić information content (AvgIpc) is 2.34. The molecule has 0 aliphatic heterocycles. The van der Waals surface area contributed by atoms with Gasteiger partial charge in [-0.2, -0.15) is 5.10 Å². The van der Waals surface area contributed by atoms with Crippen LogP contribution in [0.5, 0.6) is 0 Å². The number of carboxylic acid groups (broad SMARTS) is 1. The lowest BCUT2D eigenvalue weighted by molar-refractivity contribution is -0.140. The first kappa shape index (κ1) is 11.0. The second-order valence-corrected chi connectivity index (χ2v) is 3.97. The van der Waals surface area contributed by atoms with Gasteiger partial charge < -0.3 is 5.11 Å². The molecule has 78 valence electrons. The molecule has 1 rings (SSSR count). The summed E-state index contributed by atoms with van der Waals surface area (Å²) >= 11 is 5.88. The van der Waals surface area contributed by atoms with Crippen LogP contribution >= 0.6 is 11.6 Å². The Balaban J connectivity index is 3.17. The first-order valence-corrected chi connectivity index (χ1v) is 4.73. The predicted octanol–water partition coefficient (Wildman–Crippen LogP) is 1.90. The molecule has 1 unspecified atom stereocenters. The average molecular weight is 217 g/mol. The van der Waals surface area contributed by atoms with Crippen molar-refractivity contribution in [2.75, 3.05) is 0 Å². The third-order valence-electron chi connectivity index (χ3n) is 2.16. The van der Waals surface area contributed by atoms with E-state index in [0.717, 1.165) is 0 Å². The number of aromatic nitrogens is 2. The number of hydrogen-bond acceptors (Lipinski definition) is 2. The molecule has 1 aromatic rings. The maximum atomic E-state index is 11.0. The van der Waals surface area contributed by atoms with Gasteiger partial charge in [0.15, 0.2) is 0 Å². The Morgan fingerprint density at radius 2 is 2.21 bits per heavy atom. The summed E-state index contributed by atoms with van der Waals surface area (Å²) in [5, 5.41) is 13.4. The van der Waals surface area contributed by atoms with Crippen LogP contribution in [0.1, 0.15) is 25.5 Å². The van der Waals surface area contributed by atoms with E-state index in [4.69, 9.17) is 16.7 Å². The van der Waals surface area contributed by atoms with Gasteiger partial charge in [-0.3, -0.25) is 9.48 Å². The molecular formula is C9H13ClN2O2. The Labute approximate surface area is 87.5 Å². The molecule has 0 amide bonds. The standard InChI is InChI=1S/C9H13ClN2O2/c1-5(2)7(9(13)14)8-6(10)4-11-12(8)3/h4-5,7H,1-3H3,(H,13,14). The molecule has 0 saturated heterocycles. The molecule has 0 spiro atoms. The Morgan fingerprint density at radius 1 is 1.64 bits per heavy atom. The lowest BCUT2D eigenvalue weighted by atomic mass is 9.92. The Kier molecular flexibility index (Phi) is 3.16. The third kappa shape index (κ3) is 1.90. The fraction of sp³-hybridized carbons (Fsp3) is 0.556. The highest BCUT2D eigenvalue weighted by atomic mass is 35.5. The number of carboxylic acids is 1. The van der Waals surface area contributed by atoms with E-state index in [1.807, 2.05) is 13.8 Å². The van der Waals surface area contributed by atoms with E-state index in [1.54, 1.807) is 7.05 Å². The highest BCUT2D eigenvalue weighted by Crippen LogP contribution is 2.29. The molecule has 1 atom stereocenters. The van der Waals surface area contributed by atoms with Gasteiger partial charge in [-0.1, -0.05) is 25.4 Å². The van der Waals surface area contributed by atoms with Gasteiger partial charge in [0, 0.05) is 7.05 Å². The highest BCUT2D eigenvalue weighted by Gasteiger charge is 2.28. The number of nitrogens with zero attached hydrogens (tertiary/aromatic N) is 2. The van der Waals surface area contributed by atoms with Gasteiger partial charge in [-0.25, -0.2) is 0 Å². The van der Waals surface area contributed by atoms with Crippen LogP contribution < -0.4 is 0 Å². The van der Waals surface area contributed by atoms with Crippen LogP contribution in [0.2, 0.25) is 5.02 Å². The van der Waals surface area contributed by atoms with E-state index in [2.05, 4.69) is 5.10 Å². The molecule has 1 heterocycles. The van der Waals surface area contributed by atoms with Crippen molar-refractivity contribution in [3.8, 4) is 0 Å². The number of hydrogen-bond donors (Lipinski definition) is 1. The first-order valence-electron chi connectivity index (χ1n) is 4.35. The smallest absolute Gasteiger partial charge is 0.312 e. The maximum Gasteiger partial charge on any atom is 0.312 e. The number of halogens is 1. The first-order chi connectivity index (χ1) is 6.45. The summed E-state index contributed by atoms with van der Waals surface area (Å²) < 4.78 is 1.52. The molecule has 0 aromatic carbocycles. The minimum atomic E-state index is -0.870. The fourth-order valence-electron chi connectivity index (χ4n) is 1.49.